The summed E-state index contributed by atoms with van der Waals surface area (Å²) < 4.78 is 0. The number of aliphatic hydroxyl groups excluding tert-OH is 1. The molecule has 0 bridgehead atoms. The molecule has 5 heteroatoms. The molecule has 1 fully saturated rings. The van der Waals surface area contributed by atoms with E-state index in [2.05, 4.69) is 51.6 Å². The summed E-state index contributed by atoms with van der Waals surface area (Å²) in [5, 5.41) is 12.7. The van der Waals surface area contributed by atoms with E-state index in [1.165, 1.54) is 11.1 Å². The van der Waals surface area contributed by atoms with Crippen molar-refractivity contribution >= 4 is 27.4 Å². The monoisotopic (exact) mass is 353 g/mol. The zero-order valence-electron chi connectivity index (χ0n) is 14.4. The van der Waals surface area contributed by atoms with Gasteiger partial charge in [0.1, 0.15) is 17.0 Å². The van der Waals surface area contributed by atoms with Crippen LogP contribution in [0.1, 0.15) is 25.7 Å². The molecular formula is C20H23N3OS. The van der Waals surface area contributed by atoms with E-state index in [9.17, 15) is 5.11 Å². The maximum absolute atomic E-state index is 9.38. The molecule has 0 aliphatic heterocycles. The third-order valence-electron chi connectivity index (χ3n) is 5.39. The predicted octanol–water partition coefficient (Wildman–Crippen LogP) is 4.35. The van der Waals surface area contributed by atoms with E-state index in [-0.39, 0.29) is 0 Å². The van der Waals surface area contributed by atoms with E-state index in [0.717, 1.165) is 41.7 Å². The zero-order chi connectivity index (χ0) is 17.2. The van der Waals surface area contributed by atoms with Crippen LogP contribution in [0.2, 0.25) is 0 Å². The number of benzene rings is 1. The van der Waals surface area contributed by atoms with Crippen LogP contribution in [-0.2, 0) is 0 Å². The first kappa shape index (κ1) is 16.5. The number of aromatic nitrogens is 2. The third kappa shape index (κ3) is 3.14. The molecule has 4 nitrogen and oxygen atoms in total. The molecule has 0 atom stereocenters. The minimum Gasteiger partial charge on any atom is -0.396 e. The van der Waals surface area contributed by atoms with E-state index in [4.69, 9.17) is 0 Å². The van der Waals surface area contributed by atoms with Gasteiger partial charge >= 0.3 is 0 Å². The van der Waals surface area contributed by atoms with Crippen molar-refractivity contribution in [3.8, 4) is 11.1 Å². The Bertz CT molecular complexity index is 841. The van der Waals surface area contributed by atoms with Crippen molar-refractivity contribution in [3.63, 3.8) is 0 Å². The van der Waals surface area contributed by atoms with Crippen LogP contribution in [0.15, 0.2) is 42.0 Å². The lowest BCUT2D eigenvalue weighted by Gasteiger charge is -2.35. The standard InChI is InChI=1S/C20H23N3OS/c1-23(16-9-7-14(11-24)8-10-16)19-18-17(15-5-3-2-4-6-15)12-25-20(18)22-13-21-19/h2-6,12-14,16,24H,7-11H2,1H3. The lowest BCUT2D eigenvalue weighted by Crippen LogP contribution is -2.36. The van der Waals surface area contributed by atoms with E-state index in [1.807, 2.05) is 6.07 Å². The van der Waals surface area contributed by atoms with Gasteiger partial charge in [-0.2, -0.15) is 0 Å². The molecular weight excluding hydrogens is 330 g/mol. The van der Waals surface area contributed by atoms with Gasteiger partial charge in [-0.25, -0.2) is 9.97 Å². The second-order valence-corrected chi connectivity index (χ2v) is 7.72. The maximum Gasteiger partial charge on any atom is 0.141 e. The molecule has 2 aromatic heterocycles. The molecule has 25 heavy (non-hydrogen) atoms. The normalized spacial score (nSPS) is 20.7. The summed E-state index contributed by atoms with van der Waals surface area (Å²) in [6.07, 6.45) is 6.08. The predicted molar refractivity (Wildman–Crippen MR) is 104 cm³/mol. The Hall–Kier alpha value is -1.98. The quantitative estimate of drug-likeness (QED) is 0.758. The third-order valence-corrected chi connectivity index (χ3v) is 6.28. The van der Waals surface area contributed by atoms with Gasteiger partial charge in [0.05, 0.1) is 5.39 Å². The fourth-order valence-corrected chi connectivity index (χ4v) is 4.76. The van der Waals surface area contributed by atoms with Gasteiger partial charge in [0.15, 0.2) is 0 Å². The van der Waals surface area contributed by atoms with Crippen molar-refractivity contribution < 1.29 is 5.11 Å². The first-order valence-electron chi connectivity index (χ1n) is 8.89. The maximum atomic E-state index is 9.38. The average Bonchev–Trinajstić information content (AvgIpc) is 3.12. The molecule has 130 valence electrons. The summed E-state index contributed by atoms with van der Waals surface area (Å²) in [5.41, 5.74) is 2.43. The van der Waals surface area contributed by atoms with Crippen LogP contribution >= 0.6 is 11.3 Å². The number of hydrogen-bond donors (Lipinski definition) is 1. The number of anilines is 1. The highest BCUT2D eigenvalue weighted by Gasteiger charge is 2.26. The van der Waals surface area contributed by atoms with Crippen LogP contribution in [0.25, 0.3) is 21.3 Å². The Labute approximate surface area is 152 Å². The van der Waals surface area contributed by atoms with Crippen LogP contribution in [0.4, 0.5) is 5.82 Å². The van der Waals surface area contributed by atoms with Gasteiger partial charge < -0.3 is 10.0 Å². The summed E-state index contributed by atoms with van der Waals surface area (Å²) >= 11 is 1.68. The van der Waals surface area contributed by atoms with Crippen LogP contribution in [0.5, 0.6) is 0 Å². The van der Waals surface area contributed by atoms with Gasteiger partial charge in [-0.1, -0.05) is 30.3 Å². The lowest BCUT2D eigenvalue weighted by atomic mass is 9.86. The molecule has 0 spiro atoms. The SMILES string of the molecule is CN(c1ncnc2scc(-c3ccccc3)c12)C1CCC(CO)CC1. The van der Waals surface area contributed by atoms with Crippen molar-refractivity contribution in [3.05, 3.63) is 42.0 Å². The highest BCUT2D eigenvalue weighted by Crippen LogP contribution is 2.39. The minimum atomic E-state index is 0.316. The van der Waals surface area contributed by atoms with Crippen molar-refractivity contribution in [2.45, 2.75) is 31.7 Å². The Balaban J connectivity index is 1.71. The Morgan fingerprint density at radius 3 is 2.60 bits per heavy atom. The highest BCUT2D eigenvalue weighted by atomic mass is 32.1. The molecule has 1 aliphatic rings. The molecule has 0 radical (unpaired) electrons. The molecule has 1 saturated carbocycles. The molecule has 2 heterocycles. The number of rotatable bonds is 4. The van der Waals surface area contributed by atoms with Crippen molar-refractivity contribution in [1.82, 2.24) is 9.97 Å². The second-order valence-electron chi connectivity index (χ2n) is 6.86. The van der Waals surface area contributed by atoms with E-state index < -0.39 is 0 Å². The van der Waals surface area contributed by atoms with Crippen molar-refractivity contribution in [2.75, 3.05) is 18.6 Å². The first-order chi connectivity index (χ1) is 12.3. The van der Waals surface area contributed by atoms with E-state index in [1.54, 1.807) is 17.7 Å². The minimum absolute atomic E-state index is 0.316. The summed E-state index contributed by atoms with van der Waals surface area (Å²) in [4.78, 5) is 12.5. The topological polar surface area (TPSA) is 49.2 Å². The zero-order valence-corrected chi connectivity index (χ0v) is 15.2. The Morgan fingerprint density at radius 1 is 1.12 bits per heavy atom. The van der Waals surface area contributed by atoms with E-state index in [0.29, 0.717) is 18.6 Å². The fraction of sp³-hybridized carbons (Fsp3) is 0.400. The van der Waals surface area contributed by atoms with Crippen molar-refractivity contribution in [2.24, 2.45) is 5.92 Å². The van der Waals surface area contributed by atoms with Crippen LogP contribution < -0.4 is 4.90 Å². The summed E-state index contributed by atoms with van der Waals surface area (Å²) in [6, 6.07) is 10.9. The molecule has 0 amide bonds. The second kappa shape index (κ2) is 7.10. The Kier molecular flexibility index (Phi) is 4.68. The molecule has 1 N–H and O–H groups in total. The highest BCUT2D eigenvalue weighted by molar-refractivity contribution is 7.17. The molecule has 0 saturated heterocycles. The fourth-order valence-electron chi connectivity index (χ4n) is 3.84. The average molecular weight is 353 g/mol. The lowest BCUT2D eigenvalue weighted by molar-refractivity contribution is 0.182. The largest absolute Gasteiger partial charge is 0.396 e. The van der Waals surface area contributed by atoms with Gasteiger partial charge in [0, 0.05) is 30.6 Å². The van der Waals surface area contributed by atoms with Crippen LogP contribution in [-0.4, -0.2) is 34.8 Å². The number of nitrogens with zero attached hydrogens (tertiary/aromatic N) is 3. The number of fused-ring (bicyclic) bond motifs is 1. The first-order valence-corrected chi connectivity index (χ1v) is 9.77. The molecule has 3 aromatic rings. The van der Waals surface area contributed by atoms with Crippen LogP contribution in [0.3, 0.4) is 0 Å². The summed E-state index contributed by atoms with van der Waals surface area (Å²) in [5.74, 6) is 1.49. The van der Waals surface area contributed by atoms with Gasteiger partial charge in [-0.05, 0) is 37.2 Å². The number of aliphatic hydroxyl groups is 1. The molecule has 4 rings (SSSR count). The van der Waals surface area contributed by atoms with Gasteiger partial charge in [0.25, 0.3) is 0 Å². The molecule has 1 aromatic carbocycles. The smallest absolute Gasteiger partial charge is 0.141 e. The summed E-state index contributed by atoms with van der Waals surface area (Å²) in [6.45, 7) is 0.316. The molecule has 0 unspecified atom stereocenters. The van der Waals surface area contributed by atoms with Gasteiger partial charge in [0.2, 0.25) is 0 Å². The summed E-state index contributed by atoms with van der Waals surface area (Å²) in [7, 11) is 2.15. The van der Waals surface area contributed by atoms with Crippen molar-refractivity contribution in [1.29, 1.82) is 0 Å². The van der Waals surface area contributed by atoms with Crippen LogP contribution in [0, 0.1) is 5.92 Å². The number of hydrogen-bond acceptors (Lipinski definition) is 5. The Morgan fingerprint density at radius 2 is 1.88 bits per heavy atom. The number of thiophene rings is 1. The van der Waals surface area contributed by atoms with Gasteiger partial charge in [-0.15, -0.1) is 11.3 Å². The van der Waals surface area contributed by atoms with E-state index >= 15 is 0 Å². The molecule has 1 aliphatic carbocycles. The van der Waals surface area contributed by atoms with Gasteiger partial charge in [-0.3, -0.25) is 0 Å².